The number of amides is 1. The Balaban J connectivity index is 2.03. The van der Waals surface area contributed by atoms with E-state index in [2.05, 4.69) is 5.32 Å². The topological polar surface area (TPSA) is 80.6 Å². The number of benzene rings is 1. The summed E-state index contributed by atoms with van der Waals surface area (Å²) < 4.78 is 7.32. The number of aliphatic carboxylic acids is 1. The molecule has 0 spiro atoms. The molecule has 1 aromatic carbocycles. The molecule has 1 amide bonds. The standard InChI is InChI=1S/C18H24N2O4/c1-12(2)11-14(18(22)23)19-16(21)8-10-20-9-7-13-5-4-6-15(24-3)17(13)20/h4-7,9,12,14H,8,10-11H2,1-3H3,(H,19,21)(H,22,23). The van der Waals surface area contributed by atoms with Crippen molar-refractivity contribution in [2.45, 2.75) is 39.3 Å². The molecule has 1 unspecified atom stereocenters. The Morgan fingerprint density at radius 3 is 2.67 bits per heavy atom. The zero-order valence-corrected chi connectivity index (χ0v) is 14.3. The van der Waals surface area contributed by atoms with Gasteiger partial charge in [-0.3, -0.25) is 4.79 Å². The summed E-state index contributed by atoms with van der Waals surface area (Å²) in [5, 5.41) is 12.8. The fourth-order valence-electron chi connectivity index (χ4n) is 2.76. The summed E-state index contributed by atoms with van der Waals surface area (Å²) in [5.74, 6) is -0.310. The molecule has 130 valence electrons. The van der Waals surface area contributed by atoms with Crippen LogP contribution < -0.4 is 10.1 Å². The van der Waals surface area contributed by atoms with Crippen molar-refractivity contribution in [3.8, 4) is 5.75 Å². The van der Waals surface area contributed by atoms with Crippen LogP contribution in [0.1, 0.15) is 26.7 Å². The summed E-state index contributed by atoms with van der Waals surface area (Å²) >= 11 is 0. The maximum absolute atomic E-state index is 12.1. The number of methoxy groups -OCH3 is 1. The first kappa shape index (κ1) is 17.8. The molecule has 0 bridgehead atoms. The number of para-hydroxylation sites is 1. The molecule has 0 aliphatic carbocycles. The third-order valence-corrected chi connectivity index (χ3v) is 3.89. The van der Waals surface area contributed by atoms with E-state index >= 15 is 0 Å². The van der Waals surface area contributed by atoms with Gasteiger partial charge >= 0.3 is 5.97 Å². The molecule has 6 heteroatoms. The van der Waals surface area contributed by atoms with Crippen LogP contribution in [0.15, 0.2) is 30.5 Å². The molecule has 0 aliphatic heterocycles. The Kier molecular flexibility index (Phi) is 5.84. The highest BCUT2D eigenvalue weighted by atomic mass is 16.5. The van der Waals surface area contributed by atoms with Gasteiger partial charge in [-0.1, -0.05) is 26.0 Å². The largest absolute Gasteiger partial charge is 0.495 e. The van der Waals surface area contributed by atoms with E-state index in [4.69, 9.17) is 4.74 Å². The molecule has 2 aromatic rings. The van der Waals surface area contributed by atoms with Gasteiger partial charge < -0.3 is 19.7 Å². The summed E-state index contributed by atoms with van der Waals surface area (Å²) in [7, 11) is 1.61. The Morgan fingerprint density at radius 2 is 2.04 bits per heavy atom. The number of fused-ring (bicyclic) bond motifs is 1. The molecule has 0 fully saturated rings. The van der Waals surface area contributed by atoms with Crippen molar-refractivity contribution >= 4 is 22.8 Å². The van der Waals surface area contributed by atoms with Gasteiger partial charge in [0.1, 0.15) is 11.8 Å². The summed E-state index contributed by atoms with van der Waals surface area (Å²) in [4.78, 5) is 23.3. The molecule has 2 N–H and O–H groups in total. The number of hydrogen-bond donors (Lipinski definition) is 2. The van der Waals surface area contributed by atoms with Crippen LogP contribution in [-0.2, 0) is 16.1 Å². The lowest BCUT2D eigenvalue weighted by molar-refractivity contribution is -0.142. The van der Waals surface area contributed by atoms with Crippen molar-refractivity contribution in [3.05, 3.63) is 30.5 Å². The van der Waals surface area contributed by atoms with Crippen molar-refractivity contribution in [1.29, 1.82) is 0 Å². The van der Waals surface area contributed by atoms with E-state index in [0.717, 1.165) is 16.7 Å². The first-order valence-electron chi connectivity index (χ1n) is 8.06. The number of nitrogens with zero attached hydrogens (tertiary/aromatic N) is 1. The minimum Gasteiger partial charge on any atom is -0.495 e. The molecular weight excluding hydrogens is 308 g/mol. The van der Waals surface area contributed by atoms with Gasteiger partial charge in [-0.2, -0.15) is 0 Å². The van der Waals surface area contributed by atoms with Crippen LogP contribution in [0.4, 0.5) is 0 Å². The van der Waals surface area contributed by atoms with Crippen LogP contribution in [0.3, 0.4) is 0 Å². The smallest absolute Gasteiger partial charge is 0.326 e. The second-order valence-corrected chi connectivity index (χ2v) is 6.25. The maximum Gasteiger partial charge on any atom is 0.326 e. The maximum atomic E-state index is 12.1. The highest BCUT2D eigenvalue weighted by Gasteiger charge is 2.21. The Bertz CT molecular complexity index is 721. The molecule has 1 heterocycles. The van der Waals surface area contributed by atoms with Crippen molar-refractivity contribution in [1.82, 2.24) is 9.88 Å². The average Bonchev–Trinajstić information content (AvgIpc) is 2.95. The van der Waals surface area contributed by atoms with Gasteiger partial charge in [0.25, 0.3) is 0 Å². The highest BCUT2D eigenvalue weighted by Crippen LogP contribution is 2.26. The predicted molar refractivity (Wildman–Crippen MR) is 92.1 cm³/mol. The number of carbonyl (C=O) groups excluding carboxylic acids is 1. The summed E-state index contributed by atoms with van der Waals surface area (Å²) in [6, 6.07) is 6.91. The lowest BCUT2D eigenvalue weighted by atomic mass is 10.0. The quantitative estimate of drug-likeness (QED) is 0.779. The molecule has 1 atom stereocenters. The molecule has 0 saturated heterocycles. The lowest BCUT2D eigenvalue weighted by Gasteiger charge is -2.16. The molecular formula is C18H24N2O4. The van der Waals surface area contributed by atoms with Gasteiger partial charge in [0.2, 0.25) is 5.91 Å². The third-order valence-electron chi connectivity index (χ3n) is 3.89. The number of hydrogen-bond acceptors (Lipinski definition) is 3. The second kappa shape index (κ2) is 7.86. The molecule has 0 radical (unpaired) electrons. The summed E-state index contributed by atoms with van der Waals surface area (Å²) in [6.45, 7) is 4.32. The van der Waals surface area contributed by atoms with Gasteiger partial charge in [0.05, 0.1) is 12.6 Å². The van der Waals surface area contributed by atoms with E-state index in [1.807, 2.05) is 48.9 Å². The van der Waals surface area contributed by atoms with Gasteiger partial charge in [-0.15, -0.1) is 0 Å². The number of aryl methyl sites for hydroxylation is 1. The van der Waals surface area contributed by atoms with Crippen LogP contribution in [0, 0.1) is 5.92 Å². The Labute approximate surface area is 141 Å². The first-order valence-corrected chi connectivity index (χ1v) is 8.06. The molecule has 24 heavy (non-hydrogen) atoms. The van der Waals surface area contributed by atoms with Gasteiger partial charge in [-0.25, -0.2) is 4.79 Å². The molecule has 6 nitrogen and oxygen atoms in total. The number of carbonyl (C=O) groups is 2. The van der Waals surface area contributed by atoms with Crippen molar-refractivity contribution in [2.24, 2.45) is 5.92 Å². The highest BCUT2D eigenvalue weighted by molar-refractivity contribution is 5.86. The second-order valence-electron chi connectivity index (χ2n) is 6.25. The van der Waals surface area contributed by atoms with Crippen molar-refractivity contribution < 1.29 is 19.4 Å². The number of carboxylic acids is 1. The van der Waals surface area contributed by atoms with Crippen LogP contribution in [0.25, 0.3) is 10.9 Å². The van der Waals surface area contributed by atoms with Crippen LogP contribution in [0.2, 0.25) is 0 Å². The number of ether oxygens (including phenoxy) is 1. The number of aromatic nitrogens is 1. The van der Waals surface area contributed by atoms with Crippen LogP contribution in [-0.4, -0.2) is 34.7 Å². The van der Waals surface area contributed by atoms with Crippen molar-refractivity contribution in [2.75, 3.05) is 7.11 Å². The monoisotopic (exact) mass is 332 g/mol. The molecule has 2 rings (SSSR count). The van der Waals surface area contributed by atoms with Gasteiger partial charge in [0.15, 0.2) is 0 Å². The zero-order valence-electron chi connectivity index (χ0n) is 14.3. The first-order chi connectivity index (χ1) is 11.4. The SMILES string of the molecule is COc1cccc2ccn(CCC(=O)NC(CC(C)C)C(=O)O)c12. The number of rotatable bonds is 8. The van der Waals surface area contributed by atoms with Gasteiger partial charge in [-0.05, 0) is 24.5 Å². The third kappa shape index (κ3) is 4.28. The normalized spacial score (nSPS) is 12.3. The Morgan fingerprint density at radius 1 is 1.29 bits per heavy atom. The fraction of sp³-hybridized carbons (Fsp3) is 0.444. The lowest BCUT2D eigenvalue weighted by Crippen LogP contribution is -2.41. The fourth-order valence-corrected chi connectivity index (χ4v) is 2.76. The number of carboxylic acid groups (broad SMARTS) is 1. The molecule has 0 saturated carbocycles. The minimum absolute atomic E-state index is 0.198. The zero-order chi connectivity index (χ0) is 17.7. The predicted octanol–water partition coefficient (Wildman–Crippen LogP) is 2.66. The minimum atomic E-state index is -0.995. The summed E-state index contributed by atoms with van der Waals surface area (Å²) in [6.07, 6.45) is 2.54. The summed E-state index contributed by atoms with van der Waals surface area (Å²) in [5.41, 5.74) is 0.935. The average molecular weight is 332 g/mol. The van der Waals surface area contributed by atoms with E-state index in [1.54, 1.807) is 7.11 Å². The molecule has 0 aliphatic rings. The molecule has 1 aromatic heterocycles. The van der Waals surface area contributed by atoms with Crippen LogP contribution >= 0.6 is 0 Å². The van der Waals surface area contributed by atoms with Crippen LogP contribution in [0.5, 0.6) is 5.75 Å². The van der Waals surface area contributed by atoms with E-state index in [-0.39, 0.29) is 18.2 Å². The number of nitrogens with one attached hydrogen (secondary N) is 1. The van der Waals surface area contributed by atoms with Crippen molar-refractivity contribution in [3.63, 3.8) is 0 Å². The van der Waals surface area contributed by atoms with E-state index in [0.29, 0.717) is 13.0 Å². The van der Waals surface area contributed by atoms with Gasteiger partial charge in [0, 0.05) is 24.5 Å². The van der Waals surface area contributed by atoms with E-state index < -0.39 is 12.0 Å². The van der Waals surface area contributed by atoms with E-state index in [1.165, 1.54) is 0 Å². The Hall–Kier alpha value is -2.50. The van der Waals surface area contributed by atoms with E-state index in [9.17, 15) is 14.7 Å².